The van der Waals surface area contributed by atoms with Crippen molar-refractivity contribution in [3.8, 4) is 11.5 Å². The van der Waals surface area contributed by atoms with Crippen LogP contribution in [0.1, 0.15) is 17.2 Å². The third kappa shape index (κ3) is 2.66. The van der Waals surface area contributed by atoms with E-state index in [-0.39, 0.29) is 10.6 Å². The molecule has 0 spiro atoms. The monoisotopic (exact) mass is 311 g/mol. The van der Waals surface area contributed by atoms with E-state index in [0.717, 1.165) is 12.1 Å². The van der Waals surface area contributed by atoms with Crippen LogP contribution < -0.4 is 15.2 Å². The molecule has 3 nitrogen and oxygen atoms in total. The molecule has 2 aromatic carbocycles. The maximum atomic E-state index is 13.9. The lowest BCUT2D eigenvalue weighted by molar-refractivity contribution is 0.171. The normalized spacial score (nSPS) is 14.9. The minimum absolute atomic E-state index is 0.0357. The van der Waals surface area contributed by atoms with Gasteiger partial charge in [-0.1, -0.05) is 17.7 Å². The fourth-order valence-electron chi connectivity index (χ4n) is 2.21. The molecule has 3 rings (SSSR count). The molecule has 21 heavy (non-hydrogen) atoms. The van der Waals surface area contributed by atoms with Gasteiger partial charge in [0.15, 0.2) is 11.5 Å². The highest BCUT2D eigenvalue weighted by Crippen LogP contribution is 2.34. The summed E-state index contributed by atoms with van der Waals surface area (Å²) in [5.41, 5.74) is 6.66. The van der Waals surface area contributed by atoms with Crippen molar-refractivity contribution in [1.82, 2.24) is 0 Å². The number of rotatable bonds is 2. The highest BCUT2D eigenvalue weighted by atomic mass is 35.5. The van der Waals surface area contributed by atoms with Crippen molar-refractivity contribution in [3.63, 3.8) is 0 Å². The molecule has 2 aromatic rings. The van der Waals surface area contributed by atoms with E-state index >= 15 is 0 Å². The summed E-state index contributed by atoms with van der Waals surface area (Å²) < 4.78 is 38.3. The van der Waals surface area contributed by atoms with Crippen LogP contribution >= 0.6 is 11.6 Å². The van der Waals surface area contributed by atoms with Gasteiger partial charge < -0.3 is 15.2 Å². The average Bonchev–Trinajstić information content (AvgIpc) is 2.50. The second kappa shape index (κ2) is 5.50. The van der Waals surface area contributed by atoms with Gasteiger partial charge in [0.1, 0.15) is 24.8 Å². The Balaban J connectivity index is 1.98. The third-order valence-electron chi connectivity index (χ3n) is 3.30. The number of benzene rings is 2. The maximum Gasteiger partial charge on any atom is 0.161 e. The summed E-state index contributed by atoms with van der Waals surface area (Å²) in [6.07, 6.45) is 0. The zero-order chi connectivity index (χ0) is 15.0. The number of fused-ring (bicyclic) bond motifs is 1. The number of ether oxygens (including phenoxy) is 2. The van der Waals surface area contributed by atoms with Gasteiger partial charge >= 0.3 is 0 Å². The van der Waals surface area contributed by atoms with E-state index in [1.165, 1.54) is 0 Å². The van der Waals surface area contributed by atoms with Crippen molar-refractivity contribution < 1.29 is 18.3 Å². The summed E-state index contributed by atoms with van der Waals surface area (Å²) in [5, 5.41) is -0.273. The van der Waals surface area contributed by atoms with Gasteiger partial charge in [-0.25, -0.2) is 8.78 Å². The van der Waals surface area contributed by atoms with E-state index in [1.807, 2.05) is 0 Å². The molecule has 110 valence electrons. The second-order valence-corrected chi connectivity index (χ2v) is 5.08. The smallest absolute Gasteiger partial charge is 0.161 e. The van der Waals surface area contributed by atoms with Crippen LogP contribution in [0.5, 0.6) is 11.5 Å². The summed E-state index contributed by atoms with van der Waals surface area (Å²) in [6.45, 7) is 0.922. The van der Waals surface area contributed by atoms with E-state index in [0.29, 0.717) is 30.3 Å². The highest BCUT2D eigenvalue weighted by Gasteiger charge is 2.19. The molecule has 1 aliphatic heterocycles. The van der Waals surface area contributed by atoms with Crippen molar-refractivity contribution in [3.05, 3.63) is 58.1 Å². The molecule has 2 N–H and O–H groups in total. The highest BCUT2D eigenvalue weighted by molar-refractivity contribution is 6.30. The molecule has 1 heterocycles. The van der Waals surface area contributed by atoms with E-state index < -0.39 is 17.7 Å². The first-order chi connectivity index (χ1) is 10.1. The molecule has 1 atom stereocenters. The molecule has 1 unspecified atom stereocenters. The molecule has 0 aliphatic carbocycles. The summed E-state index contributed by atoms with van der Waals surface area (Å²) in [6, 6.07) is 6.18. The summed E-state index contributed by atoms with van der Waals surface area (Å²) in [5.74, 6) is -0.200. The van der Waals surface area contributed by atoms with Crippen molar-refractivity contribution in [1.29, 1.82) is 0 Å². The molecule has 0 aromatic heterocycles. The number of halogens is 3. The number of hydrogen-bond acceptors (Lipinski definition) is 3. The fraction of sp³-hybridized carbons (Fsp3) is 0.200. The predicted molar refractivity (Wildman–Crippen MR) is 74.8 cm³/mol. The Morgan fingerprint density at radius 3 is 2.48 bits per heavy atom. The minimum Gasteiger partial charge on any atom is -0.486 e. The van der Waals surface area contributed by atoms with Gasteiger partial charge in [0.2, 0.25) is 0 Å². The first-order valence-electron chi connectivity index (χ1n) is 6.36. The number of nitrogens with two attached hydrogens (primary N) is 1. The lowest BCUT2D eigenvalue weighted by atomic mass is 9.98. The third-order valence-corrected chi connectivity index (χ3v) is 3.59. The van der Waals surface area contributed by atoms with Crippen LogP contribution in [0.2, 0.25) is 5.02 Å². The molecule has 0 radical (unpaired) electrons. The molecular formula is C15H12ClF2NO2. The largest absolute Gasteiger partial charge is 0.486 e. The zero-order valence-electron chi connectivity index (χ0n) is 10.9. The summed E-state index contributed by atoms with van der Waals surface area (Å²) >= 11 is 5.54. The Morgan fingerprint density at radius 2 is 1.71 bits per heavy atom. The van der Waals surface area contributed by atoms with E-state index in [4.69, 9.17) is 26.8 Å². The van der Waals surface area contributed by atoms with Crippen molar-refractivity contribution in [2.75, 3.05) is 13.2 Å². The molecule has 0 bridgehead atoms. The van der Waals surface area contributed by atoms with Crippen molar-refractivity contribution in [2.24, 2.45) is 5.73 Å². The Bertz CT molecular complexity index is 694. The van der Waals surface area contributed by atoms with Gasteiger partial charge in [0.25, 0.3) is 0 Å². The molecular weight excluding hydrogens is 300 g/mol. The average molecular weight is 312 g/mol. The minimum atomic E-state index is -0.826. The first-order valence-corrected chi connectivity index (χ1v) is 6.73. The zero-order valence-corrected chi connectivity index (χ0v) is 11.7. The lowest BCUT2D eigenvalue weighted by Gasteiger charge is -2.21. The topological polar surface area (TPSA) is 44.5 Å². The molecule has 0 fully saturated rings. The van der Waals surface area contributed by atoms with E-state index in [9.17, 15) is 8.78 Å². The standard InChI is InChI=1S/C15H12ClF2NO2/c16-10-7-11(17)9(6-12(10)18)15(19)8-1-2-13-14(5-8)21-4-3-20-13/h1-2,5-7,15H,3-4,19H2. The Labute approximate surface area is 125 Å². The van der Waals surface area contributed by atoms with Gasteiger partial charge in [0, 0.05) is 5.56 Å². The summed E-state index contributed by atoms with van der Waals surface area (Å²) in [4.78, 5) is 0. The molecule has 0 saturated heterocycles. The van der Waals surface area contributed by atoms with Crippen LogP contribution in [0.3, 0.4) is 0 Å². The Hall–Kier alpha value is -1.85. The van der Waals surface area contributed by atoms with Gasteiger partial charge in [0.05, 0.1) is 11.1 Å². The van der Waals surface area contributed by atoms with Crippen LogP contribution in [-0.4, -0.2) is 13.2 Å². The molecule has 1 aliphatic rings. The van der Waals surface area contributed by atoms with Gasteiger partial charge in [-0.3, -0.25) is 0 Å². The molecule has 0 saturated carbocycles. The Kier molecular flexibility index (Phi) is 3.69. The van der Waals surface area contributed by atoms with Crippen molar-refractivity contribution >= 4 is 11.6 Å². The van der Waals surface area contributed by atoms with Crippen LogP contribution in [0, 0.1) is 11.6 Å². The van der Waals surface area contributed by atoms with Crippen LogP contribution in [0.25, 0.3) is 0 Å². The van der Waals surface area contributed by atoms with Crippen LogP contribution in [-0.2, 0) is 0 Å². The quantitative estimate of drug-likeness (QED) is 0.864. The van der Waals surface area contributed by atoms with Gasteiger partial charge in [-0.15, -0.1) is 0 Å². The maximum absolute atomic E-state index is 13.9. The van der Waals surface area contributed by atoms with Gasteiger partial charge in [-0.2, -0.15) is 0 Å². The molecule has 6 heteroatoms. The van der Waals surface area contributed by atoms with Gasteiger partial charge in [-0.05, 0) is 29.8 Å². The van der Waals surface area contributed by atoms with E-state index in [2.05, 4.69) is 0 Å². The summed E-state index contributed by atoms with van der Waals surface area (Å²) in [7, 11) is 0. The number of hydrogen-bond donors (Lipinski definition) is 1. The fourth-order valence-corrected chi connectivity index (χ4v) is 2.36. The predicted octanol–water partition coefficient (Wildman–Crippen LogP) is 3.44. The van der Waals surface area contributed by atoms with Crippen LogP contribution in [0.15, 0.2) is 30.3 Å². The first kappa shape index (κ1) is 14.1. The van der Waals surface area contributed by atoms with E-state index in [1.54, 1.807) is 18.2 Å². The van der Waals surface area contributed by atoms with Crippen molar-refractivity contribution in [2.45, 2.75) is 6.04 Å². The lowest BCUT2D eigenvalue weighted by Crippen LogP contribution is -2.18. The Morgan fingerprint density at radius 1 is 1.00 bits per heavy atom. The SMILES string of the molecule is NC(c1ccc2c(c1)OCCO2)c1cc(F)c(Cl)cc1F. The second-order valence-electron chi connectivity index (χ2n) is 4.67. The molecule has 0 amide bonds. The van der Waals surface area contributed by atoms with Crippen LogP contribution in [0.4, 0.5) is 8.78 Å².